The Kier molecular flexibility index (Phi) is 5.74. The number of amides is 1. The minimum atomic E-state index is -0.351. The van der Waals surface area contributed by atoms with Crippen molar-refractivity contribution in [3.8, 4) is 5.75 Å². The predicted molar refractivity (Wildman–Crippen MR) is 89.1 cm³/mol. The molecule has 1 N–H and O–H groups in total. The summed E-state index contributed by atoms with van der Waals surface area (Å²) in [6.07, 6.45) is 1.07. The molecule has 1 amide bonds. The quantitative estimate of drug-likeness (QED) is 0.885. The zero-order valence-electron chi connectivity index (χ0n) is 13.8. The zero-order valence-corrected chi connectivity index (χ0v) is 13.8. The lowest BCUT2D eigenvalue weighted by atomic mass is 10.0. The van der Waals surface area contributed by atoms with Crippen LogP contribution in [0.3, 0.4) is 0 Å². The van der Waals surface area contributed by atoms with Crippen molar-refractivity contribution in [2.24, 2.45) is 0 Å². The third kappa shape index (κ3) is 4.31. The van der Waals surface area contributed by atoms with Crippen LogP contribution in [0.15, 0.2) is 36.4 Å². The normalized spacial score (nSPS) is 10.4. The van der Waals surface area contributed by atoms with Gasteiger partial charge in [-0.05, 0) is 47.7 Å². The molecule has 122 valence electrons. The molecule has 2 rings (SSSR count). The number of halogens is 1. The fraction of sp³-hybridized carbons (Fsp3) is 0.316. The third-order valence-electron chi connectivity index (χ3n) is 3.90. The maximum atomic E-state index is 14.1. The monoisotopic (exact) mass is 315 g/mol. The van der Waals surface area contributed by atoms with Crippen molar-refractivity contribution >= 4 is 5.91 Å². The Morgan fingerprint density at radius 3 is 2.52 bits per heavy atom. The first-order valence-electron chi connectivity index (χ1n) is 7.74. The van der Waals surface area contributed by atoms with Gasteiger partial charge in [-0.3, -0.25) is 4.79 Å². The number of hydrogen-bond acceptors (Lipinski definition) is 2. The number of hydrogen-bond donors (Lipinski definition) is 1. The third-order valence-corrected chi connectivity index (χ3v) is 3.90. The number of likely N-dealkylation sites (N-methyl/N-ethyl adjacent to an activating group) is 1. The second-order valence-electron chi connectivity index (χ2n) is 5.47. The second kappa shape index (κ2) is 7.77. The highest BCUT2D eigenvalue weighted by Gasteiger charge is 2.10. The van der Waals surface area contributed by atoms with Gasteiger partial charge in [0.05, 0.1) is 6.42 Å². The first-order chi connectivity index (χ1) is 11.0. The van der Waals surface area contributed by atoms with Crippen LogP contribution >= 0.6 is 0 Å². The Morgan fingerprint density at radius 2 is 1.87 bits per heavy atom. The van der Waals surface area contributed by atoms with Crippen molar-refractivity contribution in [1.82, 2.24) is 5.32 Å². The van der Waals surface area contributed by atoms with E-state index >= 15 is 0 Å². The molecule has 0 bridgehead atoms. The topological polar surface area (TPSA) is 38.3 Å². The predicted octanol–water partition coefficient (Wildman–Crippen LogP) is 3.56. The molecule has 2 aromatic carbocycles. The highest BCUT2D eigenvalue weighted by Crippen LogP contribution is 2.24. The van der Waals surface area contributed by atoms with Crippen LogP contribution in [-0.2, 0) is 24.2 Å². The maximum absolute atomic E-state index is 14.1. The fourth-order valence-electron chi connectivity index (χ4n) is 2.48. The van der Waals surface area contributed by atoms with Crippen LogP contribution in [0.5, 0.6) is 5.75 Å². The summed E-state index contributed by atoms with van der Waals surface area (Å²) in [5, 5.41) is 2.60. The summed E-state index contributed by atoms with van der Waals surface area (Å²) < 4.78 is 19.7. The number of benzene rings is 2. The number of carbonyl (C=O) groups excluding carboxylic acids is 1. The minimum absolute atomic E-state index is 0.0632. The summed E-state index contributed by atoms with van der Waals surface area (Å²) in [6.45, 7) is 4.18. The molecule has 0 aliphatic carbocycles. The van der Waals surface area contributed by atoms with E-state index in [0.717, 1.165) is 28.7 Å². The molecule has 0 spiro atoms. The Morgan fingerprint density at radius 1 is 1.17 bits per heavy atom. The van der Waals surface area contributed by atoms with Gasteiger partial charge in [0.1, 0.15) is 6.61 Å². The van der Waals surface area contributed by atoms with Gasteiger partial charge in [-0.25, -0.2) is 4.39 Å². The Balaban J connectivity index is 2.15. The van der Waals surface area contributed by atoms with Crippen LogP contribution in [0.25, 0.3) is 0 Å². The molecule has 3 nitrogen and oxygen atoms in total. The molecule has 0 saturated heterocycles. The van der Waals surface area contributed by atoms with Crippen molar-refractivity contribution in [3.63, 3.8) is 0 Å². The van der Waals surface area contributed by atoms with Gasteiger partial charge in [0.2, 0.25) is 5.91 Å². The smallest absolute Gasteiger partial charge is 0.224 e. The van der Waals surface area contributed by atoms with Gasteiger partial charge in [0.15, 0.2) is 11.6 Å². The van der Waals surface area contributed by atoms with Crippen LogP contribution in [0, 0.1) is 12.7 Å². The summed E-state index contributed by atoms with van der Waals surface area (Å²) in [5.41, 5.74) is 3.76. The average Bonchev–Trinajstić information content (AvgIpc) is 2.56. The summed E-state index contributed by atoms with van der Waals surface area (Å²) in [4.78, 5) is 11.6. The van der Waals surface area contributed by atoms with E-state index in [1.165, 1.54) is 6.07 Å². The van der Waals surface area contributed by atoms with Crippen molar-refractivity contribution in [2.75, 3.05) is 7.05 Å². The molecule has 2 aromatic rings. The van der Waals surface area contributed by atoms with Crippen molar-refractivity contribution in [2.45, 2.75) is 33.3 Å². The number of nitrogens with one attached hydrogen (secondary N) is 1. The Hall–Kier alpha value is -2.36. The summed E-state index contributed by atoms with van der Waals surface area (Å²) >= 11 is 0. The van der Waals surface area contributed by atoms with Gasteiger partial charge >= 0.3 is 0 Å². The van der Waals surface area contributed by atoms with Crippen molar-refractivity contribution in [3.05, 3.63) is 64.5 Å². The lowest BCUT2D eigenvalue weighted by molar-refractivity contribution is -0.119. The molecule has 0 saturated carbocycles. The van der Waals surface area contributed by atoms with Crippen molar-refractivity contribution in [1.29, 1.82) is 0 Å². The average molecular weight is 315 g/mol. The van der Waals surface area contributed by atoms with E-state index in [4.69, 9.17) is 4.74 Å². The summed E-state index contributed by atoms with van der Waals surface area (Å²) in [7, 11) is 1.61. The molecule has 0 aromatic heterocycles. The van der Waals surface area contributed by atoms with Crippen molar-refractivity contribution < 1.29 is 13.9 Å². The van der Waals surface area contributed by atoms with Gasteiger partial charge in [0.25, 0.3) is 0 Å². The fourth-order valence-corrected chi connectivity index (χ4v) is 2.48. The van der Waals surface area contributed by atoms with E-state index in [1.807, 2.05) is 38.1 Å². The number of ether oxygens (including phenoxy) is 1. The lowest BCUT2D eigenvalue weighted by Crippen LogP contribution is -2.20. The zero-order chi connectivity index (χ0) is 16.8. The molecule has 0 radical (unpaired) electrons. The molecular formula is C19H22FNO2. The lowest BCUT2D eigenvalue weighted by Gasteiger charge is -2.13. The van der Waals surface area contributed by atoms with E-state index in [9.17, 15) is 9.18 Å². The van der Waals surface area contributed by atoms with Crippen LogP contribution in [0.4, 0.5) is 4.39 Å². The largest absolute Gasteiger partial charge is 0.486 e. The molecule has 4 heteroatoms. The molecule has 0 atom stereocenters. The van der Waals surface area contributed by atoms with Gasteiger partial charge in [0, 0.05) is 7.05 Å². The van der Waals surface area contributed by atoms with E-state index in [2.05, 4.69) is 5.32 Å². The van der Waals surface area contributed by atoms with E-state index in [1.54, 1.807) is 13.1 Å². The Bertz CT molecular complexity index is 698. The standard InChI is InChI=1S/C19H22FNO2/c1-4-14-10-17(20)18(9-13(14)2)23-12-16-8-6-5-7-15(16)11-19(22)21-3/h5-10H,4,11-12H2,1-3H3,(H,21,22). The molecule has 0 aliphatic heterocycles. The van der Waals surface area contributed by atoms with Crippen LogP contribution in [-0.4, -0.2) is 13.0 Å². The first kappa shape index (κ1) is 17.0. The van der Waals surface area contributed by atoms with Gasteiger partial charge in [-0.2, -0.15) is 0 Å². The first-order valence-corrected chi connectivity index (χ1v) is 7.74. The maximum Gasteiger partial charge on any atom is 0.224 e. The van der Waals surface area contributed by atoms with Crippen LogP contribution in [0.2, 0.25) is 0 Å². The molecule has 0 aliphatic rings. The van der Waals surface area contributed by atoms with Gasteiger partial charge in [-0.15, -0.1) is 0 Å². The van der Waals surface area contributed by atoms with E-state index in [0.29, 0.717) is 0 Å². The second-order valence-corrected chi connectivity index (χ2v) is 5.47. The van der Waals surface area contributed by atoms with E-state index in [-0.39, 0.29) is 30.5 Å². The highest BCUT2D eigenvalue weighted by molar-refractivity contribution is 5.78. The number of carbonyl (C=O) groups is 1. The van der Waals surface area contributed by atoms with Crippen LogP contribution < -0.4 is 10.1 Å². The number of aryl methyl sites for hydroxylation is 2. The molecular weight excluding hydrogens is 293 g/mol. The summed E-state index contributed by atoms with van der Waals surface area (Å²) in [6, 6.07) is 10.8. The van der Waals surface area contributed by atoms with E-state index < -0.39 is 0 Å². The summed E-state index contributed by atoms with van der Waals surface area (Å²) in [5.74, 6) is -0.169. The van der Waals surface area contributed by atoms with Gasteiger partial charge in [-0.1, -0.05) is 31.2 Å². The van der Waals surface area contributed by atoms with Crippen LogP contribution in [0.1, 0.15) is 29.2 Å². The molecule has 23 heavy (non-hydrogen) atoms. The molecule has 0 unspecified atom stereocenters. The highest BCUT2D eigenvalue weighted by atomic mass is 19.1. The molecule has 0 heterocycles. The minimum Gasteiger partial charge on any atom is -0.486 e. The SMILES string of the molecule is CCc1cc(F)c(OCc2ccccc2CC(=O)NC)cc1C. The number of rotatable bonds is 6. The Labute approximate surface area is 136 Å². The molecule has 0 fully saturated rings. The van der Waals surface area contributed by atoms with Gasteiger partial charge < -0.3 is 10.1 Å².